The fraction of sp³-hybridized carbons (Fsp3) is 0.522. The molecule has 2 saturated heterocycles. The first kappa shape index (κ1) is 21.8. The molecule has 0 bridgehead atoms. The molecule has 8 heteroatoms. The van der Waals surface area contributed by atoms with Crippen LogP contribution in [0.2, 0.25) is 0 Å². The topological polar surface area (TPSA) is 74.8 Å². The predicted molar refractivity (Wildman–Crippen MR) is 123 cm³/mol. The molecule has 2 aromatic rings. The first-order chi connectivity index (χ1) is 15.2. The number of nitrogens with one attached hydrogen (secondary N) is 1. The Morgan fingerprint density at radius 3 is 2.65 bits per heavy atom. The van der Waals surface area contributed by atoms with Gasteiger partial charge in [0.15, 0.2) is 0 Å². The van der Waals surface area contributed by atoms with Gasteiger partial charge in [0.1, 0.15) is 5.69 Å². The second kappa shape index (κ2) is 10.2. The number of ether oxygens (including phenoxy) is 1. The van der Waals surface area contributed by atoms with Crippen molar-refractivity contribution < 1.29 is 14.3 Å². The van der Waals surface area contributed by atoms with Crippen LogP contribution >= 0.6 is 11.3 Å². The maximum Gasteiger partial charge on any atom is 0.275 e. The van der Waals surface area contributed by atoms with Gasteiger partial charge in [-0.1, -0.05) is 19.1 Å². The van der Waals surface area contributed by atoms with Crippen LogP contribution in [0.4, 0.5) is 11.4 Å². The highest BCUT2D eigenvalue weighted by Gasteiger charge is 2.26. The summed E-state index contributed by atoms with van der Waals surface area (Å²) in [6.07, 6.45) is 3.32. The van der Waals surface area contributed by atoms with Crippen LogP contribution in [0, 0.1) is 0 Å². The van der Waals surface area contributed by atoms with Crippen molar-refractivity contribution in [2.24, 2.45) is 0 Å². The molecule has 0 radical (unpaired) electrons. The number of amides is 2. The molecule has 31 heavy (non-hydrogen) atoms. The number of morpholine rings is 1. The van der Waals surface area contributed by atoms with Crippen LogP contribution in [0.3, 0.4) is 0 Å². The molecule has 1 aromatic carbocycles. The van der Waals surface area contributed by atoms with E-state index in [9.17, 15) is 9.59 Å². The largest absolute Gasteiger partial charge is 0.378 e. The summed E-state index contributed by atoms with van der Waals surface area (Å²) in [4.78, 5) is 33.8. The van der Waals surface area contributed by atoms with E-state index in [0.717, 1.165) is 61.8 Å². The highest BCUT2D eigenvalue weighted by atomic mass is 32.1. The number of carbonyl (C=O) groups is 2. The molecular formula is C23H30N4O3S. The smallest absolute Gasteiger partial charge is 0.275 e. The number of rotatable bonds is 6. The Hall–Kier alpha value is -2.45. The van der Waals surface area contributed by atoms with E-state index < -0.39 is 0 Å². The number of anilines is 2. The van der Waals surface area contributed by atoms with Gasteiger partial charge in [-0.3, -0.25) is 9.59 Å². The van der Waals surface area contributed by atoms with Crippen LogP contribution in [0.15, 0.2) is 29.6 Å². The van der Waals surface area contributed by atoms with E-state index in [2.05, 4.69) is 15.2 Å². The quantitative estimate of drug-likeness (QED) is 0.738. The molecule has 2 amide bonds. The lowest BCUT2D eigenvalue weighted by Crippen LogP contribution is -2.37. The van der Waals surface area contributed by atoms with Crippen molar-refractivity contribution in [1.82, 2.24) is 9.88 Å². The number of likely N-dealkylation sites (tertiary alicyclic amines) is 1. The number of hydrogen-bond acceptors (Lipinski definition) is 6. The standard InChI is InChI=1S/C23H30N4O3S/c1-2-5-21(28)27-10-8-17(9-11-27)23-25-19(16-31-23)22(29)24-18-6-3-4-7-20(18)26-12-14-30-15-13-26/h3-4,6-7,16-17H,2,5,8-15H2,1H3,(H,24,29). The minimum Gasteiger partial charge on any atom is -0.378 e. The van der Waals surface area contributed by atoms with Gasteiger partial charge in [-0.15, -0.1) is 11.3 Å². The van der Waals surface area contributed by atoms with Crippen molar-refractivity contribution in [3.63, 3.8) is 0 Å². The number of benzene rings is 1. The molecule has 1 N–H and O–H groups in total. The molecule has 4 rings (SSSR count). The Kier molecular flexibility index (Phi) is 7.19. The summed E-state index contributed by atoms with van der Waals surface area (Å²) < 4.78 is 5.44. The zero-order valence-corrected chi connectivity index (χ0v) is 18.8. The summed E-state index contributed by atoms with van der Waals surface area (Å²) in [5.41, 5.74) is 2.27. The molecule has 0 unspecified atom stereocenters. The summed E-state index contributed by atoms with van der Waals surface area (Å²) >= 11 is 1.54. The maximum atomic E-state index is 12.9. The van der Waals surface area contributed by atoms with Gasteiger partial charge < -0.3 is 19.9 Å². The van der Waals surface area contributed by atoms with Crippen molar-refractivity contribution >= 4 is 34.5 Å². The van der Waals surface area contributed by atoms with Gasteiger partial charge >= 0.3 is 0 Å². The second-order valence-electron chi connectivity index (χ2n) is 8.05. The van der Waals surface area contributed by atoms with E-state index >= 15 is 0 Å². The van der Waals surface area contributed by atoms with Crippen LogP contribution in [-0.2, 0) is 9.53 Å². The molecule has 2 aliphatic rings. The summed E-state index contributed by atoms with van der Waals surface area (Å²) in [5.74, 6) is 0.385. The van der Waals surface area contributed by atoms with E-state index in [4.69, 9.17) is 4.74 Å². The lowest BCUT2D eigenvalue weighted by Gasteiger charge is -2.31. The number of carbonyl (C=O) groups excluding carboxylic acids is 2. The summed E-state index contributed by atoms with van der Waals surface area (Å²) in [6, 6.07) is 7.87. The fourth-order valence-electron chi connectivity index (χ4n) is 4.17. The maximum absolute atomic E-state index is 12.9. The zero-order chi connectivity index (χ0) is 21.6. The number of thiazole rings is 1. The lowest BCUT2D eigenvalue weighted by molar-refractivity contribution is -0.132. The molecule has 7 nitrogen and oxygen atoms in total. The molecule has 0 aliphatic carbocycles. The number of aromatic nitrogens is 1. The molecule has 0 atom stereocenters. The highest BCUT2D eigenvalue weighted by Crippen LogP contribution is 2.31. The van der Waals surface area contributed by atoms with E-state index in [0.29, 0.717) is 31.2 Å². The van der Waals surface area contributed by atoms with Crippen LogP contribution in [0.25, 0.3) is 0 Å². The van der Waals surface area contributed by atoms with E-state index in [1.54, 1.807) is 11.3 Å². The van der Waals surface area contributed by atoms with Gasteiger partial charge in [0.05, 0.1) is 29.6 Å². The third-order valence-electron chi connectivity index (χ3n) is 5.92. The molecule has 3 heterocycles. The van der Waals surface area contributed by atoms with Crippen molar-refractivity contribution in [2.45, 2.75) is 38.5 Å². The Morgan fingerprint density at radius 1 is 1.16 bits per heavy atom. The third-order valence-corrected chi connectivity index (χ3v) is 6.93. The van der Waals surface area contributed by atoms with Crippen molar-refractivity contribution in [3.05, 3.63) is 40.3 Å². The van der Waals surface area contributed by atoms with Crippen LogP contribution in [-0.4, -0.2) is 61.1 Å². The Morgan fingerprint density at radius 2 is 1.90 bits per heavy atom. The first-order valence-corrected chi connectivity index (χ1v) is 12.0. The van der Waals surface area contributed by atoms with Gasteiger partial charge in [0.2, 0.25) is 5.91 Å². The van der Waals surface area contributed by atoms with E-state index in [-0.39, 0.29) is 11.8 Å². The molecule has 166 valence electrons. The van der Waals surface area contributed by atoms with Gasteiger partial charge in [0.25, 0.3) is 5.91 Å². The summed E-state index contributed by atoms with van der Waals surface area (Å²) in [7, 11) is 0. The molecule has 0 spiro atoms. The summed E-state index contributed by atoms with van der Waals surface area (Å²) in [6.45, 7) is 6.60. The van der Waals surface area contributed by atoms with Crippen molar-refractivity contribution in [1.29, 1.82) is 0 Å². The predicted octanol–water partition coefficient (Wildman–Crippen LogP) is 3.74. The molecule has 1 aromatic heterocycles. The zero-order valence-electron chi connectivity index (χ0n) is 18.0. The number of para-hydroxylation sites is 2. The Bertz CT molecular complexity index is 902. The van der Waals surface area contributed by atoms with Gasteiger partial charge in [-0.2, -0.15) is 0 Å². The molecule has 2 fully saturated rings. The van der Waals surface area contributed by atoms with Crippen LogP contribution < -0.4 is 10.2 Å². The normalized spacial score (nSPS) is 17.6. The average Bonchev–Trinajstić information content (AvgIpc) is 3.31. The number of piperidine rings is 1. The highest BCUT2D eigenvalue weighted by molar-refractivity contribution is 7.10. The number of hydrogen-bond donors (Lipinski definition) is 1. The minimum absolute atomic E-state index is 0.182. The molecular weight excluding hydrogens is 412 g/mol. The summed E-state index contributed by atoms with van der Waals surface area (Å²) in [5, 5.41) is 5.88. The van der Waals surface area contributed by atoms with Crippen LogP contribution in [0.1, 0.15) is 54.0 Å². The first-order valence-electron chi connectivity index (χ1n) is 11.1. The lowest BCUT2D eigenvalue weighted by atomic mass is 9.97. The van der Waals surface area contributed by atoms with Crippen molar-refractivity contribution in [2.75, 3.05) is 49.6 Å². The van der Waals surface area contributed by atoms with Gasteiger partial charge in [-0.05, 0) is 31.4 Å². The SMILES string of the molecule is CCCC(=O)N1CCC(c2nc(C(=O)Nc3ccccc3N3CCOCC3)cs2)CC1. The van der Waals surface area contributed by atoms with Gasteiger partial charge in [-0.25, -0.2) is 4.98 Å². The Labute approximate surface area is 187 Å². The second-order valence-corrected chi connectivity index (χ2v) is 8.94. The number of nitrogens with zero attached hydrogens (tertiary/aromatic N) is 3. The van der Waals surface area contributed by atoms with E-state index in [1.165, 1.54) is 0 Å². The molecule has 0 saturated carbocycles. The Balaban J connectivity index is 1.38. The van der Waals surface area contributed by atoms with Gasteiger partial charge in [0, 0.05) is 43.9 Å². The average molecular weight is 443 g/mol. The van der Waals surface area contributed by atoms with Crippen LogP contribution in [0.5, 0.6) is 0 Å². The third kappa shape index (κ3) is 5.25. The van der Waals surface area contributed by atoms with E-state index in [1.807, 2.05) is 41.5 Å². The monoisotopic (exact) mass is 442 g/mol. The minimum atomic E-state index is -0.182. The molecule has 2 aliphatic heterocycles. The van der Waals surface area contributed by atoms with Crippen molar-refractivity contribution in [3.8, 4) is 0 Å². The fourth-order valence-corrected chi connectivity index (χ4v) is 5.14.